The van der Waals surface area contributed by atoms with Gasteiger partial charge in [-0.05, 0) is 35.9 Å². The number of nitrogens with zero attached hydrogens (tertiary/aromatic N) is 3. The van der Waals surface area contributed by atoms with E-state index in [9.17, 15) is 27.1 Å². The molecule has 0 aliphatic rings. The van der Waals surface area contributed by atoms with Crippen LogP contribution in [0.4, 0.5) is 30.7 Å². The third kappa shape index (κ3) is 4.71. The van der Waals surface area contributed by atoms with Gasteiger partial charge in [0.1, 0.15) is 29.4 Å². The van der Waals surface area contributed by atoms with E-state index in [2.05, 4.69) is 19.7 Å². The van der Waals surface area contributed by atoms with E-state index in [4.69, 9.17) is 0 Å². The van der Waals surface area contributed by atoms with E-state index >= 15 is 8.78 Å². The summed E-state index contributed by atoms with van der Waals surface area (Å²) in [6.07, 6.45) is -1.13. The van der Waals surface area contributed by atoms with Crippen LogP contribution in [0.15, 0.2) is 79.5 Å². The number of alkyl halides is 5. The van der Waals surface area contributed by atoms with Crippen LogP contribution in [-0.2, 0) is 11.5 Å². The molecular formula is C24H14F7N3O2. The number of benzene rings is 2. The second kappa shape index (κ2) is 9.19. The van der Waals surface area contributed by atoms with Crippen LogP contribution in [0.3, 0.4) is 0 Å². The molecule has 1 unspecified atom stereocenters. The van der Waals surface area contributed by atoms with Gasteiger partial charge in [0.2, 0.25) is 0 Å². The minimum absolute atomic E-state index is 0.257. The zero-order chi connectivity index (χ0) is 26.1. The number of aliphatic hydroxyl groups is 1. The van der Waals surface area contributed by atoms with Gasteiger partial charge in [0.25, 0.3) is 0 Å². The van der Waals surface area contributed by atoms with Crippen LogP contribution in [0.25, 0.3) is 11.1 Å². The zero-order valence-corrected chi connectivity index (χ0v) is 17.8. The SMILES string of the molecule is OC(c1cncnc1)(c1ccc(F)cc1F)C(F)(F)c1ccc(-c2ccc(OC(F)(F)F)cc2)cn1. The van der Waals surface area contributed by atoms with Crippen LogP contribution < -0.4 is 4.74 Å². The van der Waals surface area contributed by atoms with Gasteiger partial charge in [-0.3, -0.25) is 4.98 Å². The molecule has 0 aliphatic carbocycles. The summed E-state index contributed by atoms with van der Waals surface area (Å²) in [5.41, 5.74) is -5.27. The highest BCUT2D eigenvalue weighted by molar-refractivity contribution is 5.63. The summed E-state index contributed by atoms with van der Waals surface area (Å²) in [5.74, 6) is -7.22. The van der Waals surface area contributed by atoms with E-state index in [1.165, 1.54) is 18.2 Å². The van der Waals surface area contributed by atoms with Crippen molar-refractivity contribution < 1.29 is 40.6 Å². The highest BCUT2D eigenvalue weighted by atomic mass is 19.4. The lowest BCUT2D eigenvalue weighted by molar-refractivity contribution is -0.274. The Kier molecular flexibility index (Phi) is 6.39. The molecule has 36 heavy (non-hydrogen) atoms. The lowest BCUT2D eigenvalue weighted by Crippen LogP contribution is -2.45. The van der Waals surface area contributed by atoms with Crippen LogP contribution >= 0.6 is 0 Å². The molecular weight excluding hydrogens is 495 g/mol. The molecule has 0 bridgehead atoms. The minimum Gasteiger partial charge on any atom is -0.406 e. The van der Waals surface area contributed by atoms with E-state index < -0.39 is 52.1 Å². The van der Waals surface area contributed by atoms with E-state index in [0.717, 1.165) is 43.1 Å². The molecule has 2 heterocycles. The van der Waals surface area contributed by atoms with Crippen molar-refractivity contribution in [3.63, 3.8) is 0 Å². The summed E-state index contributed by atoms with van der Waals surface area (Å²) in [6, 6.07) is 8.42. The van der Waals surface area contributed by atoms with Gasteiger partial charge in [-0.25, -0.2) is 18.7 Å². The van der Waals surface area contributed by atoms with Gasteiger partial charge in [-0.1, -0.05) is 18.2 Å². The summed E-state index contributed by atoms with van der Waals surface area (Å²) < 4.78 is 101. The maximum Gasteiger partial charge on any atom is 0.573 e. The topological polar surface area (TPSA) is 68.1 Å². The monoisotopic (exact) mass is 509 g/mol. The van der Waals surface area contributed by atoms with E-state index in [-0.39, 0.29) is 5.56 Å². The fourth-order valence-corrected chi connectivity index (χ4v) is 3.56. The molecule has 5 nitrogen and oxygen atoms in total. The van der Waals surface area contributed by atoms with Crippen molar-refractivity contribution in [3.05, 3.63) is 108 Å². The fraction of sp³-hybridized carbons (Fsp3) is 0.125. The van der Waals surface area contributed by atoms with Gasteiger partial charge in [-0.15, -0.1) is 13.2 Å². The third-order valence-corrected chi connectivity index (χ3v) is 5.26. The molecule has 0 saturated carbocycles. The molecule has 0 amide bonds. The second-order valence-corrected chi connectivity index (χ2v) is 7.54. The second-order valence-electron chi connectivity index (χ2n) is 7.54. The molecule has 0 saturated heterocycles. The molecule has 4 aromatic rings. The summed E-state index contributed by atoms with van der Waals surface area (Å²) in [7, 11) is 0. The lowest BCUT2D eigenvalue weighted by Gasteiger charge is -2.36. The first kappa shape index (κ1) is 25.0. The Morgan fingerprint density at radius 3 is 1.94 bits per heavy atom. The minimum atomic E-state index is -4.87. The predicted octanol–water partition coefficient (Wildman–Crippen LogP) is 5.74. The number of hydrogen-bond acceptors (Lipinski definition) is 5. The van der Waals surface area contributed by atoms with Gasteiger partial charge in [-0.2, -0.15) is 8.78 Å². The van der Waals surface area contributed by atoms with Crippen molar-refractivity contribution in [1.29, 1.82) is 0 Å². The Hall–Kier alpha value is -4.06. The average molecular weight is 509 g/mol. The molecule has 0 fully saturated rings. The van der Waals surface area contributed by atoms with E-state index in [1.54, 1.807) is 0 Å². The fourth-order valence-electron chi connectivity index (χ4n) is 3.56. The molecule has 186 valence electrons. The van der Waals surface area contributed by atoms with Crippen molar-refractivity contribution in [2.45, 2.75) is 17.9 Å². The standard InChI is InChI=1S/C24H14F7N3O2/c25-17-4-7-19(20(26)9-17)22(35,16-11-32-13-33-12-16)23(27,28)21-8-3-15(10-34-21)14-1-5-18(6-2-14)36-24(29,30)31/h1-13,35H. The molecule has 0 spiro atoms. The first-order valence-corrected chi connectivity index (χ1v) is 10.1. The van der Waals surface area contributed by atoms with Crippen molar-refractivity contribution >= 4 is 0 Å². The van der Waals surface area contributed by atoms with Crippen molar-refractivity contribution in [1.82, 2.24) is 15.0 Å². The summed E-state index contributed by atoms with van der Waals surface area (Å²) in [5, 5.41) is 11.3. The van der Waals surface area contributed by atoms with Gasteiger partial charge >= 0.3 is 12.3 Å². The van der Waals surface area contributed by atoms with Gasteiger partial charge in [0.15, 0.2) is 5.60 Å². The summed E-state index contributed by atoms with van der Waals surface area (Å²) >= 11 is 0. The van der Waals surface area contributed by atoms with Crippen LogP contribution in [0.2, 0.25) is 0 Å². The van der Waals surface area contributed by atoms with E-state index in [0.29, 0.717) is 23.8 Å². The average Bonchev–Trinajstić information content (AvgIpc) is 2.83. The van der Waals surface area contributed by atoms with Crippen molar-refractivity contribution in [2.24, 2.45) is 0 Å². The summed E-state index contributed by atoms with van der Waals surface area (Å²) in [4.78, 5) is 10.9. The normalized spacial score (nSPS) is 13.8. The first-order valence-electron chi connectivity index (χ1n) is 10.1. The number of rotatable bonds is 6. The Morgan fingerprint density at radius 2 is 1.39 bits per heavy atom. The molecule has 4 rings (SSSR count). The Morgan fingerprint density at radius 1 is 0.750 bits per heavy atom. The van der Waals surface area contributed by atoms with Gasteiger partial charge < -0.3 is 9.84 Å². The predicted molar refractivity (Wildman–Crippen MR) is 112 cm³/mol. The quantitative estimate of drug-likeness (QED) is 0.336. The molecule has 1 N–H and O–H groups in total. The molecule has 12 heteroatoms. The largest absolute Gasteiger partial charge is 0.573 e. The maximum atomic E-state index is 15.8. The number of hydrogen-bond donors (Lipinski definition) is 1. The Balaban J connectivity index is 1.73. The highest BCUT2D eigenvalue weighted by Crippen LogP contribution is 2.49. The molecule has 0 radical (unpaired) electrons. The van der Waals surface area contributed by atoms with Crippen LogP contribution in [0.1, 0.15) is 16.8 Å². The van der Waals surface area contributed by atoms with Crippen LogP contribution in [-0.4, -0.2) is 26.4 Å². The van der Waals surface area contributed by atoms with E-state index in [1.807, 2.05) is 0 Å². The van der Waals surface area contributed by atoms with Crippen LogP contribution in [0.5, 0.6) is 5.75 Å². The number of halogens is 7. The number of ether oxygens (including phenoxy) is 1. The Labute approximate surface area is 198 Å². The zero-order valence-electron chi connectivity index (χ0n) is 17.8. The molecule has 0 aliphatic heterocycles. The Bertz CT molecular complexity index is 1350. The summed E-state index contributed by atoms with van der Waals surface area (Å²) in [6.45, 7) is 0. The highest BCUT2D eigenvalue weighted by Gasteiger charge is 2.59. The third-order valence-electron chi connectivity index (χ3n) is 5.26. The molecule has 2 aromatic carbocycles. The lowest BCUT2D eigenvalue weighted by atomic mass is 9.80. The smallest absolute Gasteiger partial charge is 0.406 e. The maximum absolute atomic E-state index is 15.8. The van der Waals surface area contributed by atoms with Gasteiger partial charge in [0.05, 0.1) is 0 Å². The first-order chi connectivity index (χ1) is 16.9. The number of aromatic nitrogens is 3. The van der Waals surface area contributed by atoms with Crippen molar-refractivity contribution in [2.75, 3.05) is 0 Å². The van der Waals surface area contributed by atoms with Gasteiger partial charge in [0, 0.05) is 41.3 Å². The van der Waals surface area contributed by atoms with Crippen molar-refractivity contribution in [3.8, 4) is 16.9 Å². The van der Waals surface area contributed by atoms with Crippen LogP contribution in [0, 0.1) is 11.6 Å². The number of pyridine rings is 1. The molecule has 2 aromatic heterocycles. The molecule has 1 atom stereocenters.